The van der Waals surface area contributed by atoms with E-state index in [1.165, 1.54) is 10.8 Å². The lowest BCUT2D eigenvalue weighted by Gasteiger charge is -2.28. The lowest BCUT2D eigenvalue weighted by Crippen LogP contribution is -2.11. The lowest BCUT2D eigenvalue weighted by molar-refractivity contribution is 0.669. The van der Waals surface area contributed by atoms with Crippen LogP contribution in [0.2, 0.25) is 0 Å². The van der Waals surface area contributed by atoms with Gasteiger partial charge in [-0.2, -0.15) is 0 Å². The minimum atomic E-state index is 0.862. The molecular weight excluding hydrogens is 574 g/mol. The molecule has 0 fully saturated rings. The molecule has 0 bridgehead atoms. The maximum absolute atomic E-state index is 6.74. The molecule has 3 nitrogen and oxygen atoms in total. The lowest BCUT2D eigenvalue weighted by atomic mass is 9.96. The zero-order valence-corrected chi connectivity index (χ0v) is 25.4. The monoisotopic (exact) mass is 601 g/mol. The molecule has 0 aliphatic heterocycles. The van der Waals surface area contributed by atoms with E-state index >= 15 is 0 Å². The van der Waals surface area contributed by atoms with Crippen LogP contribution in [-0.4, -0.2) is 0 Å². The molecule has 0 saturated heterocycles. The van der Waals surface area contributed by atoms with Crippen molar-refractivity contribution in [1.82, 2.24) is 0 Å². The van der Waals surface area contributed by atoms with Gasteiger partial charge >= 0.3 is 0 Å². The van der Waals surface area contributed by atoms with E-state index in [0.717, 1.165) is 82.8 Å². The standard InChI is InChI=1S/C44H27NO2/c1-2-14-30(15-3-1)45(38-21-10-13-28-12-4-5-16-31(28)38)39-27-37-43-32(20-11-23-41(43)47-44(37)36-19-7-6-17-33(36)39)29-24-25-35-34-18-8-9-22-40(34)46-42(35)26-29/h1-27H. The summed E-state index contributed by atoms with van der Waals surface area (Å²) in [6.07, 6.45) is 0. The summed E-state index contributed by atoms with van der Waals surface area (Å²) in [5.41, 5.74) is 9.06. The van der Waals surface area contributed by atoms with Gasteiger partial charge < -0.3 is 13.7 Å². The van der Waals surface area contributed by atoms with E-state index in [1.54, 1.807) is 0 Å². The van der Waals surface area contributed by atoms with Gasteiger partial charge in [0.25, 0.3) is 0 Å². The van der Waals surface area contributed by atoms with Crippen molar-refractivity contribution in [2.75, 3.05) is 4.90 Å². The zero-order valence-electron chi connectivity index (χ0n) is 25.4. The van der Waals surface area contributed by atoms with Crippen LogP contribution in [0.3, 0.4) is 0 Å². The van der Waals surface area contributed by atoms with E-state index < -0.39 is 0 Å². The molecule has 2 aromatic heterocycles. The van der Waals surface area contributed by atoms with E-state index in [2.05, 4.69) is 157 Å². The number of benzene rings is 8. The molecule has 0 saturated carbocycles. The molecular formula is C44H27NO2. The molecule has 0 N–H and O–H groups in total. The Kier molecular flexibility index (Phi) is 5.57. The van der Waals surface area contributed by atoms with Crippen molar-refractivity contribution >= 4 is 82.5 Å². The summed E-state index contributed by atoms with van der Waals surface area (Å²) in [6, 6.07) is 57.8. The Morgan fingerprint density at radius 2 is 1.06 bits per heavy atom. The van der Waals surface area contributed by atoms with Gasteiger partial charge in [-0.1, -0.05) is 115 Å². The van der Waals surface area contributed by atoms with Crippen LogP contribution >= 0.6 is 0 Å². The number of anilines is 3. The molecule has 3 heteroatoms. The second kappa shape index (κ2) is 10.1. The molecule has 0 radical (unpaired) electrons. The van der Waals surface area contributed by atoms with Crippen LogP contribution in [0.5, 0.6) is 0 Å². The third-order valence-electron chi connectivity index (χ3n) is 9.43. The van der Waals surface area contributed by atoms with Gasteiger partial charge in [0.1, 0.15) is 22.3 Å². The fourth-order valence-corrected chi connectivity index (χ4v) is 7.34. The van der Waals surface area contributed by atoms with Crippen LogP contribution in [0.1, 0.15) is 0 Å². The van der Waals surface area contributed by atoms with Crippen LogP contribution in [0.15, 0.2) is 173 Å². The molecule has 47 heavy (non-hydrogen) atoms. The van der Waals surface area contributed by atoms with Crippen molar-refractivity contribution in [1.29, 1.82) is 0 Å². The van der Waals surface area contributed by atoms with E-state index in [0.29, 0.717) is 0 Å². The van der Waals surface area contributed by atoms with E-state index in [9.17, 15) is 0 Å². The first-order valence-electron chi connectivity index (χ1n) is 15.9. The first-order valence-corrected chi connectivity index (χ1v) is 15.9. The molecule has 0 spiro atoms. The number of hydrogen-bond acceptors (Lipinski definition) is 3. The van der Waals surface area contributed by atoms with Crippen LogP contribution in [0, 0.1) is 0 Å². The molecule has 0 unspecified atom stereocenters. The first kappa shape index (κ1) is 26.0. The summed E-state index contributed by atoms with van der Waals surface area (Å²) in [4.78, 5) is 2.39. The minimum absolute atomic E-state index is 0.862. The van der Waals surface area contributed by atoms with Crippen molar-refractivity contribution in [3.63, 3.8) is 0 Å². The number of furan rings is 2. The predicted molar refractivity (Wildman–Crippen MR) is 196 cm³/mol. The summed E-state index contributed by atoms with van der Waals surface area (Å²) in [7, 11) is 0. The Balaban J connectivity index is 1.29. The van der Waals surface area contributed by atoms with Crippen LogP contribution in [0.4, 0.5) is 17.1 Å². The molecule has 10 aromatic rings. The van der Waals surface area contributed by atoms with E-state index in [-0.39, 0.29) is 0 Å². The Morgan fingerprint density at radius 1 is 0.383 bits per heavy atom. The number of rotatable bonds is 4. The highest BCUT2D eigenvalue weighted by atomic mass is 16.3. The third-order valence-corrected chi connectivity index (χ3v) is 9.43. The van der Waals surface area contributed by atoms with Crippen molar-refractivity contribution in [2.45, 2.75) is 0 Å². The zero-order chi connectivity index (χ0) is 30.9. The van der Waals surface area contributed by atoms with Crippen molar-refractivity contribution in [2.24, 2.45) is 0 Å². The minimum Gasteiger partial charge on any atom is -0.456 e. The Morgan fingerprint density at radius 3 is 1.96 bits per heavy atom. The van der Waals surface area contributed by atoms with Crippen molar-refractivity contribution < 1.29 is 8.83 Å². The highest BCUT2D eigenvalue weighted by Gasteiger charge is 2.22. The molecule has 0 amide bonds. The fraction of sp³-hybridized carbons (Fsp3) is 0. The number of nitrogens with zero attached hydrogens (tertiary/aromatic N) is 1. The van der Waals surface area contributed by atoms with Gasteiger partial charge in [-0.25, -0.2) is 0 Å². The largest absolute Gasteiger partial charge is 0.456 e. The highest BCUT2D eigenvalue weighted by Crippen LogP contribution is 2.47. The van der Waals surface area contributed by atoms with Gasteiger partial charge in [0, 0.05) is 43.4 Å². The number of para-hydroxylation sites is 2. The van der Waals surface area contributed by atoms with Crippen LogP contribution in [-0.2, 0) is 0 Å². The molecule has 0 aliphatic rings. The first-order chi connectivity index (χ1) is 23.3. The summed E-state index contributed by atoms with van der Waals surface area (Å²) in [5.74, 6) is 0. The normalized spacial score (nSPS) is 11.8. The Hall–Kier alpha value is -6.32. The molecule has 0 aliphatic carbocycles. The van der Waals surface area contributed by atoms with Gasteiger partial charge in [-0.3, -0.25) is 0 Å². The van der Waals surface area contributed by atoms with Gasteiger partial charge in [0.15, 0.2) is 0 Å². The second-order valence-corrected chi connectivity index (χ2v) is 12.1. The molecule has 0 atom stereocenters. The average molecular weight is 602 g/mol. The SMILES string of the molecule is c1ccc(N(c2cccc3ccccc23)c2cc3c(oc4cccc(-c5ccc6c(c5)oc5ccccc56)c43)c3ccccc23)cc1. The van der Waals surface area contributed by atoms with Gasteiger partial charge in [0.05, 0.1) is 11.4 Å². The highest BCUT2D eigenvalue weighted by molar-refractivity contribution is 6.23. The number of hydrogen-bond donors (Lipinski definition) is 0. The van der Waals surface area contributed by atoms with Gasteiger partial charge in [-0.15, -0.1) is 0 Å². The second-order valence-electron chi connectivity index (χ2n) is 12.1. The molecule has 10 rings (SSSR count). The van der Waals surface area contributed by atoms with E-state index in [4.69, 9.17) is 8.83 Å². The maximum atomic E-state index is 6.74. The fourth-order valence-electron chi connectivity index (χ4n) is 7.34. The molecule has 220 valence electrons. The summed E-state index contributed by atoms with van der Waals surface area (Å²) in [5, 5.41) is 9.03. The quantitative estimate of drug-likeness (QED) is 0.201. The third kappa shape index (κ3) is 3.93. The van der Waals surface area contributed by atoms with E-state index in [1.807, 2.05) is 12.1 Å². The smallest absolute Gasteiger partial charge is 0.143 e. The van der Waals surface area contributed by atoms with Crippen LogP contribution < -0.4 is 4.90 Å². The molecule has 8 aromatic carbocycles. The van der Waals surface area contributed by atoms with Crippen LogP contribution in [0.25, 0.3) is 76.5 Å². The molecule has 2 heterocycles. The predicted octanol–water partition coefficient (Wildman–Crippen LogP) is 12.9. The summed E-state index contributed by atoms with van der Waals surface area (Å²) in [6.45, 7) is 0. The van der Waals surface area contributed by atoms with Crippen molar-refractivity contribution in [3.05, 3.63) is 164 Å². The number of fused-ring (bicyclic) bond motifs is 9. The van der Waals surface area contributed by atoms with Gasteiger partial charge in [-0.05, 0) is 65.0 Å². The maximum Gasteiger partial charge on any atom is 0.143 e. The Bertz CT molecular complexity index is 2800. The summed E-state index contributed by atoms with van der Waals surface area (Å²) < 4.78 is 13.0. The van der Waals surface area contributed by atoms with Crippen molar-refractivity contribution in [3.8, 4) is 11.1 Å². The Labute approximate surface area is 270 Å². The van der Waals surface area contributed by atoms with Gasteiger partial charge in [0.2, 0.25) is 0 Å². The average Bonchev–Trinajstić information content (AvgIpc) is 3.70. The summed E-state index contributed by atoms with van der Waals surface area (Å²) >= 11 is 0. The topological polar surface area (TPSA) is 29.5 Å².